The number of benzene rings is 1. The van der Waals surface area contributed by atoms with Gasteiger partial charge < -0.3 is 4.90 Å². The van der Waals surface area contributed by atoms with Crippen molar-refractivity contribution in [2.75, 3.05) is 32.1 Å². The van der Waals surface area contributed by atoms with Crippen molar-refractivity contribution < 1.29 is 19.3 Å². The van der Waals surface area contributed by atoms with Crippen molar-refractivity contribution in [1.29, 1.82) is 0 Å². The molecule has 1 saturated heterocycles. The van der Waals surface area contributed by atoms with Crippen LogP contribution >= 0.6 is 0 Å². The summed E-state index contributed by atoms with van der Waals surface area (Å²) >= 11 is 0. The van der Waals surface area contributed by atoms with Crippen molar-refractivity contribution in [2.45, 2.75) is 26.7 Å². The standard InChI is InChI=1S/C19H26N4O3/c1-5-15(20-11-6-12-22(3)4)16-17(24)21-19(26)23(18(16)25)14-9-7-13(2)8-10-14/h7-10,16H,5-6,11-12H2,1-4H3,(H,21,24,26)/p+1. The van der Waals surface area contributed by atoms with Gasteiger partial charge in [-0.2, -0.15) is 0 Å². The van der Waals surface area contributed by atoms with E-state index in [0.717, 1.165) is 23.4 Å². The first kappa shape index (κ1) is 19.8. The summed E-state index contributed by atoms with van der Waals surface area (Å²) in [5, 5.41) is 2.29. The summed E-state index contributed by atoms with van der Waals surface area (Å²) in [5.41, 5.74) is 1.98. The predicted molar refractivity (Wildman–Crippen MR) is 101 cm³/mol. The Kier molecular flexibility index (Phi) is 6.63. The van der Waals surface area contributed by atoms with Gasteiger partial charge in [-0.15, -0.1) is 0 Å². The number of hydrogen-bond donors (Lipinski definition) is 2. The van der Waals surface area contributed by atoms with Gasteiger partial charge in [0.05, 0.1) is 26.3 Å². The number of aliphatic imine (C=N–C) groups is 1. The molecule has 140 valence electrons. The Labute approximate surface area is 154 Å². The fourth-order valence-electron chi connectivity index (χ4n) is 2.87. The van der Waals surface area contributed by atoms with Crippen molar-refractivity contribution in [3.8, 4) is 0 Å². The Morgan fingerprint density at radius 2 is 1.85 bits per heavy atom. The van der Waals surface area contributed by atoms with E-state index in [1.54, 1.807) is 12.1 Å². The highest BCUT2D eigenvalue weighted by Gasteiger charge is 2.43. The van der Waals surface area contributed by atoms with Crippen LogP contribution in [0.3, 0.4) is 0 Å². The second-order valence-electron chi connectivity index (χ2n) is 6.77. The predicted octanol–water partition coefficient (Wildman–Crippen LogP) is 0.580. The maximum atomic E-state index is 12.9. The molecule has 1 atom stereocenters. The molecule has 0 aliphatic carbocycles. The molecule has 1 aliphatic heterocycles. The first-order valence-electron chi connectivity index (χ1n) is 8.92. The third kappa shape index (κ3) is 4.54. The van der Waals surface area contributed by atoms with Gasteiger partial charge in [-0.05, 0) is 25.5 Å². The summed E-state index contributed by atoms with van der Waals surface area (Å²) in [6.07, 6.45) is 1.35. The molecule has 0 aromatic heterocycles. The lowest BCUT2D eigenvalue weighted by Crippen LogP contribution is -3.05. The number of nitrogens with zero attached hydrogens (tertiary/aromatic N) is 2. The zero-order chi connectivity index (χ0) is 19.3. The third-order valence-corrected chi connectivity index (χ3v) is 4.30. The molecule has 0 bridgehead atoms. The first-order chi connectivity index (χ1) is 12.3. The van der Waals surface area contributed by atoms with Crippen molar-refractivity contribution in [1.82, 2.24) is 5.32 Å². The smallest absolute Gasteiger partial charge is 0.335 e. The normalized spacial score (nSPS) is 18.5. The number of hydrogen-bond acceptors (Lipinski definition) is 4. The molecule has 4 amide bonds. The maximum absolute atomic E-state index is 12.9. The molecular formula is C19H27N4O3+. The van der Waals surface area contributed by atoms with Crippen LogP contribution in [0.4, 0.5) is 10.5 Å². The molecule has 2 N–H and O–H groups in total. The molecule has 1 aliphatic rings. The zero-order valence-corrected chi connectivity index (χ0v) is 15.8. The summed E-state index contributed by atoms with van der Waals surface area (Å²) in [4.78, 5) is 44.3. The monoisotopic (exact) mass is 359 g/mol. The van der Waals surface area contributed by atoms with E-state index < -0.39 is 23.8 Å². The zero-order valence-electron chi connectivity index (χ0n) is 15.8. The molecular weight excluding hydrogens is 332 g/mol. The van der Waals surface area contributed by atoms with Gasteiger partial charge in [0.25, 0.3) is 5.91 Å². The first-order valence-corrected chi connectivity index (χ1v) is 8.92. The Morgan fingerprint density at radius 3 is 2.42 bits per heavy atom. The van der Waals surface area contributed by atoms with E-state index in [9.17, 15) is 14.4 Å². The SMILES string of the molecule is CCC(=NCCC[NH+](C)C)C1C(=O)NC(=O)N(c2ccc(C)cc2)C1=O. The van der Waals surface area contributed by atoms with Crippen LogP contribution < -0.4 is 15.1 Å². The van der Waals surface area contributed by atoms with E-state index in [4.69, 9.17) is 0 Å². The van der Waals surface area contributed by atoms with Crippen LogP contribution in [-0.4, -0.2) is 50.7 Å². The van der Waals surface area contributed by atoms with Crippen LogP contribution in [0.5, 0.6) is 0 Å². The molecule has 1 unspecified atom stereocenters. The number of quaternary nitrogens is 1. The second-order valence-corrected chi connectivity index (χ2v) is 6.77. The molecule has 7 nitrogen and oxygen atoms in total. The van der Waals surface area contributed by atoms with Gasteiger partial charge in [-0.1, -0.05) is 24.6 Å². The quantitative estimate of drug-likeness (QED) is 0.424. The highest BCUT2D eigenvalue weighted by atomic mass is 16.2. The van der Waals surface area contributed by atoms with Crippen molar-refractivity contribution in [2.24, 2.45) is 10.9 Å². The minimum Gasteiger partial charge on any atom is -0.340 e. The minimum atomic E-state index is -1.05. The minimum absolute atomic E-state index is 0.447. The Hall–Kier alpha value is -2.54. The third-order valence-electron chi connectivity index (χ3n) is 4.30. The van der Waals surface area contributed by atoms with E-state index in [1.165, 1.54) is 4.90 Å². The molecule has 0 saturated carbocycles. The van der Waals surface area contributed by atoms with Gasteiger partial charge in [0, 0.05) is 18.7 Å². The number of amides is 4. The van der Waals surface area contributed by atoms with Gasteiger partial charge >= 0.3 is 6.03 Å². The number of anilines is 1. The maximum Gasteiger partial charge on any atom is 0.335 e. The van der Waals surface area contributed by atoms with Crippen LogP contribution in [0, 0.1) is 12.8 Å². The van der Waals surface area contributed by atoms with E-state index in [0.29, 0.717) is 24.4 Å². The van der Waals surface area contributed by atoms with Crippen LogP contribution in [0.25, 0.3) is 0 Å². The van der Waals surface area contributed by atoms with Gasteiger partial charge in [0.15, 0.2) is 5.92 Å². The molecule has 1 aromatic carbocycles. The number of urea groups is 1. The average molecular weight is 359 g/mol. The highest BCUT2D eigenvalue weighted by Crippen LogP contribution is 2.22. The molecule has 1 heterocycles. The Balaban J connectivity index is 2.24. The number of carbonyl (C=O) groups excluding carboxylic acids is 3. The molecule has 1 aromatic rings. The Bertz CT molecular complexity index is 710. The Morgan fingerprint density at radius 1 is 1.19 bits per heavy atom. The van der Waals surface area contributed by atoms with Crippen molar-refractivity contribution in [3.05, 3.63) is 29.8 Å². The lowest BCUT2D eigenvalue weighted by Gasteiger charge is -2.30. The van der Waals surface area contributed by atoms with Gasteiger partial charge in [0.2, 0.25) is 5.91 Å². The number of barbiturate groups is 1. The molecule has 0 spiro atoms. The van der Waals surface area contributed by atoms with E-state index in [2.05, 4.69) is 24.4 Å². The van der Waals surface area contributed by atoms with E-state index in [1.807, 2.05) is 26.0 Å². The number of rotatable bonds is 7. The molecule has 1 fully saturated rings. The molecule has 2 rings (SSSR count). The molecule has 26 heavy (non-hydrogen) atoms. The molecule has 0 radical (unpaired) electrons. The lowest BCUT2D eigenvalue weighted by atomic mass is 9.96. The number of aryl methyl sites for hydroxylation is 1. The topological polar surface area (TPSA) is 83.3 Å². The van der Waals surface area contributed by atoms with Crippen molar-refractivity contribution >= 4 is 29.2 Å². The summed E-state index contributed by atoms with van der Waals surface area (Å²) in [6, 6.07) is 6.32. The van der Waals surface area contributed by atoms with Crippen LogP contribution in [0.2, 0.25) is 0 Å². The fourth-order valence-corrected chi connectivity index (χ4v) is 2.87. The second kappa shape index (κ2) is 8.71. The van der Waals surface area contributed by atoms with E-state index in [-0.39, 0.29) is 0 Å². The average Bonchev–Trinajstić information content (AvgIpc) is 2.58. The van der Waals surface area contributed by atoms with Crippen molar-refractivity contribution in [3.63, 3.8) is 0 Å². The van der Waals surface area contributed by atoms with Crippen LogP contribution in [0.1, 0.15) is 25.3 Å². The molecule has 7 heteroatoms. The fraction of sp³-hybridized carbons (Fsp3) is 0.474. The summed E-state index contributed by atoms with van der Waals surface area (Å²) in [5.74, 6) is -2.19. The van der Waals surface area contributed by atoms with E-state index >= 15 is 0 Å². The summed E-state index contributed by atoms with van der Waals surface area (Å²) in [6.45, 7) is 5.30. The highest BCUT2D eigenvalue weighted by molar-refractivity contribution is 6.35. The van der Waals surface area contributed by atoms with Crippen LogP contribution in [-0.2, 0) is 9.59 Å². The number of nitrogens with one attached hydrogen (secondary N) is 2. The van der Waals surface area contributed by atoms with Crippen LogP contribution in [0.15, 0.2) is 29.3 Å². The number of carbonyl (C=O) groups is 3. The van der Waals surface area contributed by atoms with Gasteiger partial charge in [-0.3, -0.25) is 19.9 Å². The van der Waals surface area contributed by atoms with Gasteiger partial charge in [0.1, 0.15) is 0 Å². The largest absolute Gasteiger partial charge is 0.340 e. The lowest BCUT2D eigenvalue weighted by molar-refractivity contribution is -0.858. The summed E-state index contributed by atoms with van der Waals surface area (Å²) < 4.78 is 0. The van der Waals surface area contributed by atoms with Gasteiger partial charge in [-0.25, -0.2) is 9.69 Å². The summed E-state index contributed by atoms with van der Waals surface area (Å²) in [7, 11) is 4.13. The number of imide groups is 2.